The molecule has 116 valence electrons. The van der Waals surface area contributed by atoms with Gasteiger partial charge in [0.2, 0.25) is 0 Å². The quantitative estimate of drug-likeness (QED) is 0.753. The van der Waals surface area contributed by atoms with Gasteiger partial charge in [0.1, 0.15) is 16.0 Å². The van der Waals surface area contributed by atoms with E-state index in [-0.39, 0.29) is 11.5 Å². The van der Waals surface area contributed by atoms with Crippen molar-refractivity contribution >= 4 is 27.8 Å². The third kappa shape index (κ3) is 4.10. The van der Waals surface area contributed by atoms with Crippen molar-refractivity contribution in [2.45, 2.75) is 13.0 Å². The summed E-state index contributed by atoms with van der Waals surface area (Å²) in [5.41, 5.74) is 0.241. The molecule has 0 aliphatic rings. The van der Waals surface area contributed by atoms with Gasteiger partial charge in [0.25, 0.3) is 5.91 Å². The molecule has 1 atom stereocenters. The van der Waals surface area contributed by atoms with Crippen LogP contribution in [0, 0.1) is 0 Å². The number of nitrogens with zero attached hydrogens (tertiary/aromatic N) is 1. The van der Waals surface area contributed by atoms with Crippen LogP contribution in [0.3, 0.4) is 0 Å². The number of hydrogen-bond acceptors (Lipinski definition) is 5. The van der Waals surface area contributed by atoms with E-state index in [0.717, 1.165) is 0 Å². The van der Waals surface area contributed by atoms with E-state index in [1.165, 1.54) is 38.2 Å². The van der Waals surface area contributed by atoms with Gasteiger partial charge in [-0.3, -0.25) is 4.79 Å². The maximum Gasteiger partial charge on any atom is 0.339 e. The standard InChI is InChI=1S/C14H18BrNO5/c1-8(13(17)16(2)3)21-14(18)9-6-10(19-4)12(15)11(7-9)20-5/h6-8H,1-5H3/t8-/m0/s1. The maximum absolute atomic E-state index is 12.1. The van der Waals surface area contributed by atoms with Crippen LogP contribution in [0.5, 0.6) is 11.5 Å². The predicted molar refractivity (Wildman–Crippen MR) is 80.8 cm³/mol. The van der Waals surface area contributed by atoms with Gasteiger partial charge in [-0.05, 0) is 35.0 Å². The number of benzene rings is 1. The fourth-order valence-corrected chi connectivity index (χ4v) is 2.18. The van der Waals surface area contributed by atoms with Gasteiger partial charge in [-0.2, -0.15) is 0 Å². The van der Waals surface area contributed by atoms with Crippen LogP contribution in [0.15, 0.2) is 16.6 Å². The number of hydrogen-bond donors (Lipinski definition) is 0. The number of amides is 1. The minimum absolute atomic E-state index is 0.241. The minimum Gasteiger partial charge on any atom is -0.495 e. The van der Waals surface area contributed by atoms with E-state index in [9.17, 15) is 9.59 Å². The second-order valence-corrected chi connectivity index (χ2v) is 5.27. The number of halogens is 1. The first-order valence-electron chi connectivity index (χ1n) is 6.15. The Morgan fingerprint density at radius 3 is 2.00 bits per heavy atom. The predicted octanol–water partition coefficient (Wildman–Crippen LogP) is 2.10. The number of likely N-dealkylation sites (N-methyl/N-ethyl adjacent to an activating group) is 1. The van der Waals surface area contributed by atoms with Crippen LogP contribution in [-0.4, -0.2) is 51.2 Å². The van der Waals surface area contributed by atoms with Crippen LogP contribution >= 0.6 is 15.9 Å². The van der Waals surface area contributed by atoms with Gasteiger partial charge in [0, 0.05) is 14.1 Å². The van der Waals surface area contributed by atoms with Crippen molar-refractivity contribution < 1.29 is 23.8 Å². The van der Waals surface area contributed by atoms with Gasteiger partial charge in [-0.15, -0.1) is 0 Å². The fraction of sp³-hybridized carbons (Fsp3) is 0.429. The van der Waals surface area contributed by atoms with E-state index in [1.54, 1.807) is 14.1 Å². The van der Waals surface area contributed by atoms with Gasteiger partial charge in [-0.25, -0.2) is 4.79 Å². The molecule has 0 aromatic heterocycles. The number of ether oxygens (including phenoxy) is 3. The average molecular weight is 360 g/mol. The summed E-state index contributed by atoms with van der Waals surface area (Å²) in [5, 5.41) is 0. The molecule has 0 fully saturated rings. The third-order valence-corrected chi connectivity index (χ3v) is 3.54. The van der Waals surface area contributed by atoms with E-state index >= 15 is 0 Å². The molecule has 21 heavy (non-hydrogen) atoms. The molecular weight excluding hydrogens is 342 g/mol. The van der Waals surface area contributed by atoms with Crippen molar-refractivity contribution in [3.05, 3.63) is 22.2 Å². The molecule has 1 aromatic rings. The number of methoxy groups -OCH3 is 2. The van der Waals surface area contributed by atoms with Crippen LogP contribution in [0.2, 0.25) is 0 Å². The molecule has 0 radical (unpaired) electrons. The van der Waals surface area contributed by atoms with Crippen molar-refractivity contribution in [1.29, 1.82) is 0 Å². The first-order valence-corrected chi connectivity index (χ1v) is 6.94. The number of carbonyl (C=O) groups is 2. The highest BCUT2D eigenvalue weighted by molar-refractivity contribution is 9.10. The van der Waals surface area contributed by atoms with Crippen LogP contribution < -0.4 is 9.47 Å². The molecule has 0 saturated carbocycles. The summed E-state index contributed by atoms with van der Waals surface area (Å²) in [6, 6.07) is 3.03. The molecule has 0 saturated heterocycles. The van der Waals surface area contributed by atoms with Crippen LogP contribution in [-0.2, 0) is 9.53 Å². The first kappa shape index (κ1) is 17.3. The Balaban J connectivity index is 3.00. The molecule has 7 heteroatoms. The molecule has 0 heterocycles. The van der Waals surface area contributed by atoms with Gasteiger partial charge in [-0.1, -0.05) is 0 Å². The molecule has 1 rings (SSSR count). The molecular formula is C14H18BrNO5. The van der Waals surface area contributed by atoms with E-state index in [0.29, 0.717) is 16.0 Å². The first-order chi connectivity index (χ1) is 9.81. The zero-order chi connectivity index (χ0) is 16.2. The average Bonchev–Trinajstić information content (AvgIpc) is 2.46. The van der Waals surface area contributed by atoms with E-state index in [1.807, 2.05) is 0 Å². The van der Waals surface area contributed by atoms with Gasteiger partial charge < -0.3 is 19.1 Å². The summed E-state index contributed by atoms with van der Waals surface area (Å²) in [4.78, 5) is 25.2. The summed E-state index contributed by atoms with van der Waals surface area (Å²) < 4.78 is 16.1. The van der Waals surface area contributed by atoms with E-state index in [4.69, 9.17) is 14.2 Å². The summed E-state index contributed by atoms with van der Waals surface area (Å²) in [6.07, 6.45) is -0.867. The number of rotatable bonds is 5. The zero-order valence-electron chi connectivity index (χ0n) is 12.6. The largest absolute Gasteiger partial charge is 0.495 e. The Labute approximate surface area is 132 Å². The topological polar surface area (TPSA) is 65.1 Å². The lowest BCUT2D eigenvalue weighted by molar-refractivity contribution is -0.137. The van der Waals surface area contributed by atoms with Gasteiger partial charge >= 0.3 is 5.97 Å². The minimum atomic E-state index is -0.867. The Morgan fingerprint density at radius 2 is 1.62 bits per heavy atom. The summed E-state index contributed by atoms with van der Waals surface area (Å²) in [5.74, 6) is -0.0398. The number of carbonyl (C=O) groups excluding carboxylic acids is 2. The summed E-state index contributed by atoms with van der Waals surface area (Å²) in [7, 11) is 6.15. The second kappa shape index (κ2) is 7.31. The Bertz CT molecular complexity index is 519. The molecule has 0 N–H and O–H groups in total. The normalized spacial score (nSPS) is 11.5. The molecule has 6 nitrogen and oxygen atoms in total. The lowest BCUT2D eigenvalue weighted by atomic mass is 10.2. The number of esters is 1. The highest BCUT2D eigenvalue weighted by Crippen LogP contribution is 2.35. The third-order valence-electron chi connectivity index (χ3n) is 2.75. The van der Waals surface area contributed by atoms with Crippen molar-refractivity contribution in [3.63, 3.8) is 0 Å². The Kier molecular flexibility index (Phi) is 6.02. The molecule has 0 bridgehead atoms. The van der Waals surface area contributed by atoms with Crippen molar-refractivity contribution in [2.75, 3.05) is 28.3 Å². The van der Waals surface area contributed by atoms with E-state index < -0.39 is 12.1 Å². The molecule has 0 aliphatic carbocycles. The Morgan fingerprint density at radius 1 is 1.14 bits per heavy atom. The highest BCUT2D eigenvalue weighted by Gasteiger charge is 2.22. The molecule has 0 aliphatic heterocycles. The highest BCUT2D eigenvalue weighted by atomic mass is 79.9. The SMILES string of the molecule is COc1cc(C(=O)O[C@@H](C)C(=O)N(C)C)cc(OC)c1Br. The molecule has 0 spiro atoms. The lowest BCUT2D eigenvalue weighted by Gasteiger charge is -2.18. The lowest BCUT2D eigenvalue weighted by Crippen LogP contribution is -2.34. The maximum atomic E-state index is 12.1. The van der Waals surface area contributed by atoms with Crippen LogP contribution in [0.4, 0.5) is 0 Å². The summed E-state index contributed by atoms with van der Waals surface area (Å²) >= 11 is 3.32. The van der Waals surface area contributed by atoms with Gasteiger partial charge in [0.05, 0.1) is 19.8 Å². The van der Waals surface area contributed by atoms with Crippen molar-refractivity contribution in [1.82, 2.24) is 4.90 Å². The monoisotopic (exact) mass is 359 g/mol. The second-order valence-electron chi connectivity index (χ2n) is 4.47. The van der Waals surface area contributed by atoms with Crippen molar-refractivity contribution in [3.8, 4) is 11.5 Å². The zero-order valence-corrected chi connectivity index (χ0v) is 14.2. The van der Waals surface area contributed by atoms with Crippen molar-refractivity contribution in [2.24, 2.45) is 0 Å². The van der Waals surface area contributed by atoms with Crippen LogP contribution in [0.25, 0.3) is 0 Å². The summed E-state index contributed by atoms with van der Waals surface area (Å²) in [6.45, 7) is 1.52. The molecule has 0 unspecified atom stereocenters. The Hall–Kier alpha value is -1.76. The molecule has 1 amide bonds. The molecule has 1 aromatic carbocycles. The van der Waals surface area contributed by atoms with Crippen LogP contribution in [0.1, 0.15) is 17.3 Å². The van der Waals surface area contributed by atoms with E-state index in [2.05, 4.69) is 15.9 Å². The smallest absolute Gasteiger partial charge is 0.339 e. The fourth-order valence-electron chi connectivity index (χ4n) is 1.63. The van der Waals surface area contributed by atoms with Gasteiger partial charge in [0.15, 0.2) is 6.10 Å².